The van der Waals surface area contributed by atoms with Gasteiger partial charge < -0.3 is 4.90 Å². The summed E-state index contributed by atoms with van der Waals surface area (Å²) >= 11 is 0. The Kier molecular flexibility index (Phi) is 4.80. The number of hydrogen-bond donors (Lipinski definition) is 0. The average Bonchev–Trinajstić information content (AvgIpc) is 3.46. The predicted molar refractivity (Wildman–Crippen MR) is 180 cm³/mol. The van der Waals surface area contributed by atoms with Gasteiger partial charge in [0.05, 0.1) is 17.1 Å². The number of nitrogens with zero attached hydrogens (tertiary/aromatic N) is 1. The summed E-state index contributed by atoms with van der Waals surface area (Å²) in [6, 6.07) is 47.2. The highest BCUT2D eigenvalue weighted by Gasteiger charge is 2.53. The Morgan fingerprint density at radius 3 is 1.70 bits per heavy atom. The largest absolute Gasteiger partial charge is 0.309 e. The number of rotatable bonds is 2. The standard InChI is InChI=1S/C42H33N/c1-26-36-29-19-8-11-21-31(29)41(2,3)38(36)40-39-37(26)30-20-9-12-22-32(30)42(39,4)33-23-13-15-25-35(33)43(40)34-24-14-10-18-28(34)27-16-6-5-7-17-27/h5-25H,1-4H3. The Bertz CT molecular complexity index is 2130. The maximum atomic E-state index is 2.62. The van der Waals surface area contributed by atoms with Crippen LogP contribution >= 0.6 is 0 Å². The van der Waals surface area contributed by atoms with Gasteiger partial charge in [-0.05, 0) is 87.2 Å². The second-order valence-corrected chi connectivity index (χ2v) is 13.1. The van der Waals surface area contributed by atoms with Crippen LogP contribution in [0.15, 0.2) is 127 Å². The summed E-state index contributed by atoms with van der Waals surface area (Å²) in [6.45, 7) is 9.71. The topological polar surface area (TPSA) is 3.24 Å². The first-order valence-electron chi connectivity index (χ1n) is 15.4. The van der Waals surface area contributed by atoms with E-state index in [1.807, 2.05) is 0 Å². The van der Waals surface area contributed by atoms with Gasteiger partial charge in [0, 0.05) is 16.4 Å². The Balaban J connectivity index is 1.51. The van der Waals surface area contributed by atoms with Gasteiger partial charge in [0.25, 0.3) is 0 Å². The number of benzene rings is 6. The Hall–Kier alpha value is -4.88. The van der Waals surface area contributed by atoms with E-state index in [4.69, 9.17) is 0 Å². The van der Waals surface area contributed by atoms with Gasteiger partial charge in [-0.2, -0.15) is 0 Å². The summed E-state index contributed by atoms with van der Waals surface area (Å²) in [7, 11) is 0. The molecule has 1 heterocycles. The van der Waals surface area contributed by atoms with Gasteiger partial charge in [-0.1, -0.05) is 129 Å². The highest BCUT2D eigenvalue weighted by Crippen LogP contribution is 2.68. The molecule has 1 nitrogen and oxygen atoms in total. The molecule has 1 aliphatic heterocycles. The molecule has 0 fully saturated rings. The van der Waals surface area contributed by atoms with Gasteiger partial charge >= 0.3 is 0 Å². The van der Waals surface area contributed by atoms with Crippen LogP contribution in [0.5, 0.6) is 0 Å². The third kappa shape index (κ3) is 2.92. The summed E-state index contributed by atoms with van der Waals surface area (Å²) in [4.78, 5) is 2.62. The Labute approximate surface area is 254 Å². The second-order valence-electron chi connectivity index (χ2n) is 13.1. The van der Waals surface area contributed by atoms with Crippen molar-refractivity contribution in [3.8, 4) is 33.4 Å². The van der Waals surface area contributed by atoms with Crippen molar-refractivity contribution in [3.05, 3.63) is 161 Å². The van der Waals surface area contributed by atoms with Crippen LogP contribution in [0.3, 0.4) is 0 Å². The van der Waals surface area contributed by atoms with E-state index in [2.05, 4.69) is 160 Å². The highest BCUT2D eigenvalue weighted by atomic mass is 15.2. The molecule has 1 heteroatoms. The molecule has 0 spiro atoms. The summed E-state index contributed by atoms with van der Waals surface area (Å²) in [5.74, 6) is 0. The average molecular weight is 552 g/mol. The Morgan fingerprint density at radius 2 is 0.977 bits per heavy atom. The van der Waals surface area contributed by atoms with Gasteiger partial charge in [-0.3, -0.25) is 0 Å². The van der Waals surface area contributed by atoms with Crippen molar-refractivity contribution in [2.45, 2.75) is 38.5 Å². The van der Waals surface area contributed by atoms with Crippen molar-refractivity contribution < 1.29 is 0 Å². The van der Waals surface area contributed by atoms with E-state index in [1.165, 1.54) is 83.8 Å². The van der Waals surface area contributed by atoms with Gasteiger partial charge in [0.2, 0.25) is 0 Å². The van der Waals surface area contributed by atoms with Crippen LogP contribution in [0.25, 0.3) is 33.4 Å². The van der Waals surface area contributed by atoms with Gasteiger partial charge in [0.1, 0.15) is 0 Å². The monoisotopic (exact) mass is 551 g/mol. The zero-order valence-corrected chi connectivity index (χ0v) is 25.1. The van der Waals surface area contributed by atoms with E-state index in [-0.39, 0.29) is 10.8 Å². The minimum absolute atomic E-state index is 0.164. The molecular formula is C42H33N. The molecule has 1 unspecified atom stereocenters. The van der Waals surface area contributed by atoms with E-state index in [9.17, 15) is 0 Å². The van der Waals surface area contributed by atoms with Crippen LogP contribution in [0.4, 0.5) is 17.1 Å². The lowest BCUT2D eigenvalue weighted by atomic mass is 9.67. The van der Waals surface area contributed by atoms with Crippen LogP contribution in [0.2, 0.25) is 0 Å². The molecule has 206 valence electrons. The third-order valence-corrected chi connectivity index (χ3v) is 10.6. The molecule has 3 aliphatic rings. The van der Waals surface area contributed by atoms with Crippen molar-refractivity contribution in [1.29, 1.82) is 0 Å². The molecule has 0 N–H and O–H groups in total. The van der Waals surface area contributed by atoms with Crippen molar-refractivity contribution in [1.82, 2.24) is 0 Å². The smallest absolute Gasteiger partial charge is 0.0559 e. The number of anilines is 3. The molecule has 0 saturated carbocycles. The van der Waals surface area contributed by atoms with Crippen molar-refractivity contribution in [3.63, 3.8) is 0 Å². The van der Waals surface area contributed by atoms with E-state index >= 15 is 0 Å². The highest BCUT2D eigenvalue weighted by molar-refractivity contribution is 6.06. The molecule has 9 rings (SSSR count). The minimum Gasteiger partial charge on any atom is -0.309 e. The quantitative estimate of drug-likeness (QED) is 0.207. The fraction of sp³-hybridized carbons (Fsp3) is 0.143. The molecule has 1 atom stereocenters. The summed E-state index contributed by atoms with van der Waals surface area (Å²) in [5.41, 5.74) is 20.0. The first kappa shape index (κ1) is 24.7. The van der Waals surface area contributed by atoms with E-state index in [1.54, 1.807) is 0 Å². The normalized spacial score (nSPS) is 18.0. The van der Waals surface area contributed by atoms with Gasteiger partial charge in [-0.25, -0.2) is 0 Å². The predicted octanol–water partition coefficient (Wildman–Crippen LogP) is 11.1. The molecule has 6 aromatic carbocycles. The lowest BCUT2D eigenvalue weighted by molar-refractivity contribution is 0.648. The fourth-order valence-electron chi connectivity index (χ4n) is 8.78. The number of para-hydroxylation sites is 2. The number of hydrogen-bond acceptors (Lipinski definition) is 1. The maximum Gasteiger partial charge on any atom is 0.0559 e. The maximum absolute atomic E-state index is 2.62. The van der Waals surface area contributed by atoms with Crippen molar-refractivity contribution in [2.24, 2.45) is 0 Å². The molecule has 43 heavy (non-hydrogen) atoms. The van der Waals surface area contributed by atoms with Crippen LogP contribution in [0.1, 0.15) is 54.2 Å². The summed E-state index contributed by atoms with van der Waals surface area (Å²) in [5, 5.41) is 0. The second kappa shape index (κ2) is 8.36. The molecule has 6 aromatic rings. The van der Waals surface area contributed by atoms with Crippen LogP contribution in [0, 0.1) is 6.92 Å². The van der Waals surface area contributed by atoms with E-state index in [0.717, 1.165) is 0 Å². The molecular weight excluding hydrogens is 518 g/mol. The van der Waals surface area contributed by atoms with Crippen LogP contribution in [-0.2, 0) is 10.8 Å². The van der Waals surface area contributed by atoms with E-state index in [0.29, 0.717) is 0 Å². The Morgan fingerprint density at radius 1 is 0.465 bits per heavy atom. The molecule has 0 radical (unpaired) electrons. The van der Waals surface area contributed by atoms with Gasteiger partial charge in [0.15, 0.2) is 0 Å². The fourth-order valence-corrected chi connectivity index (χ4v) is 8.78. The molecule has 0 bridgehead atoms. The lowest BCUT2D eigenvalue weighted by Gasteiger charge is -2.45. The molecule has 0 amide bonds. The minimum atomic E-state index is -0.263. The van der Waals surface area contributed by atoms with Crippen molar-refractivity contribution >= 4 is 17.1 Å². The van der Waals surface area contributed by atoms with Crippen LogP contribution < -0.4 is 4.90 Å². The zero-order valence-electron chi connectivity index (χ0n) is 25.1. The third-order valence-electron chi connectivity index (χ3n) is 10.6. The first-order chi connectivity index (χ1) is 20.9. The molecule has 0 saturated heterocycles. The lowest BCUT2D eigenvalue weighted by Crippen LogP contribution is -2.34. The van der Waals surface area contributed by atoms with Crippen molar-refractivity contribution in [2.75, 3.05) is 4.90 Å². The zero-order chi connectivity index (χ0) is 29.1. The molecule has 2 aliphatic carbocycles. The van der Waals surface area contributed by atoms with Crippen LogP contribution in [-0.4, -0.2) is 0 Å². The number of fused-ring (bicyclic) bond motifs is 9. The summed E-state index contributed by atoms with van der Waals surface area (Å²) < 4.78 is 0. The SMILES string of the molecule is Cc1c2c(c3c4c1-c1ccccc1C4(C)c1ccccc1N3c1ccccc1-c1ccccc1)C(C)(C)c1ccccc1-2. The van der Waals surface area contributed by atoms with E-state index < -0.39 is 0 Å². The first-order valence-corrected chi connectivity index (χ1v) is 15.4. The van der Waals surface area contributed by atoms with Gasteiger partial charge in [-0.15, -0.1) is 0 Å². The molecule has 0 aromatic heterocycles. The summed E-state index contributed by atoms with van der Waals surface area (Å²) in [6.07, 6.45) is 0.